The maximum Gasteiger partial charge on any atom is 0.219 e. The van der Waals surface area contributed by atoms with Crippen LogP contribution >= 0.6 is 0 Å². The summed E-state index contributed by atoms with van der Waals surface area (Å²) in [6.07, 6.45) is 5.36. The van der Waals surface area contributed by atoms with Crippen molar-refractivity contribution in [3.8, 4) is 11.3 Å². The van der Waals surface area contributed by atoms with Crippen molar-refractivity contribution in [2.75, 3.05) is 25.4 Å². The number of aryl methyl sites for hydroxylation is 1. The molecule has 0 radical (unpaired) electrons. The van der Waals surface area contributed by atoms with Gasteiger partial charge < -0.3 is 15.0 Å². The second-order valence-corrected chi connectivity index (χ2v) is 7.97. The van der Waals surface area contributed by atoms with Crippen LogP contribution in [-0.4, -0.2) is 44.1 Å². The molecule has 8 heteroatoms. The molecule has 1 fully saturated rings. The topological polar surface area (TPSA) is 82.1 Å². The zero-order valence-electron chi connectivity index (χ0n) is 17.9. The van der Waals surface area contributed by atoms with Crippen LogP contribution in [0.5, 0.6) is 0 Å². The van der Waals surface area contributed by atoms with E-state index in [1.807, 2.05) is 24.3 Å². The van der Waals surface area contributed by atoms with Crippen LogP contribution in [-0.2, 0) is 17.8 Å². The summed E-state index contributed by atoms with van der Waals surface area (Å²) in [5, 5.41) is 1.10. The number of rotatable bonds is 5. The first-order valence-electron chi connectivity index (χ1n) is 10.8. The number of pyridine rings is 1. The molecule has 0 spiro atoms. The van der Waals surface area contributed by atoms with Crippen LogP contribution in [0.15, 0.2) is 55.0 Å². The lowest BCUT2D eigenvalue weighted by molar-refractivity contribution is -0.0348. The van der Waals surface area contributed by atoms with E-state index in [2.05, 4.69) is 32.6 Å². The summed E-state index contributed by atoms with van der Waals surface area (Å²) in [6.45, 7) is 5.85. The average molecular weight is 433 g/mol. The highest BCUT2D eigenvalue weighted by molar-refractivity contribution is 5.84. The third-order valence-electron chi connectivity index (χ3n) is 5.88. The second-order valence-electron chi connectivity index (χ2n) is 7.97. The fourth-order valence-corrected chi connectivity index (χ4v) is 4.26. The summed E-state index contributed by atoms with van der Waals surface area (Å²) in [7, 11) is 0. The van der Waals surface area contributed by atoms with E-state index in [9.17, 15) is 4.39 Å². The molecule has 7 nitrogen and oxygen atoms in total. The summed E-state index contributed by atoms with van der Waals surface area (Å²) in [5.74, 6) is 0.0315. The van der Waals surface area contributed by atoms with E-state index in [0.29, 0.717) is 6.61 Å². The number of halogens is 1. The monoisotopic (exact) mass is 432 g/mol. The van der Waals surface area contributed by atoms with Gasteiger partial charge in [0.25, 0.3) is 0 Å². The minimum atomic E-state index is -0.208. The molecule has 2 N–H and O–H groups in total. The van der Waals surface area contributed by atoms with Crippen LogP contribution in [0, 0.1) is 5.82 Å². The van der Waals surface area contributed by atoms with Gasteiger partial charge in [-0.2, -0.15) is 0 Å². The molecule has 0 bridgehead atoms. The third-order valence-corrected chi connectivity index (χ3v) is 5.88. The molecule has 164 valence electrons. The van der Waals surface area contributed by atoms with Gasteiger partial charge in [0.1, 0.15) is 11.9 Å². The number of nitrogen functional groups attached to an aromatic ring is 1. The Balaban J connectivity index is 1.36. The third kappa shape index (κ3) is 4.06. The Kier molecular flexibility index (Phi) is 5.55. The number of nitrogens with zero attached hydrogens (tertiary/aromatic N) is 5. The standard InChI is InChI=1S/C24H25FN6O/c1-2-31-14-17(19-7-6-18(25)10-22(19)31)13-30-8-9-32-23(15-30)21-5-3-4-20(29-21)16-11-27-24(26)28-12-16/h3-7,10-12,14,23H,2,8-9,13,15H2,1H3,(H2,26,27,28)/t23-/m1/s1. The number of nitrogens with two attached hydrogens (primary N) is 1. The Labute approximate surface area is 185 Å². The predicted octanol–water partition coefficient (Wildman–Crippen LogP) is 3.81. The Morgan fingerprint density at radius 1 is 1.19 bits per heavy atom. The van der Waals surface area contributed by atoms with Crippen LogP contribution in [0.25, 0.3) is 22.2 Å². The van der Waals surface area contributed by atoms with Gasteiger partial charge in [0.15, 0.2) is 0 Å². The minimum absolute atomic E-state index is 0.129. The molecule has 4 heterocycles. The van der Waals surface area contributed by atoms with Crippen molar-refractivity contribution >= 4 is 16.9 Å². The molecule has 0 aliphatic carbocycles. The Morgan fingerprint density at radius 3 is 2.84 bits per heavy atom. The molecular weight excluding hydrogens is 407 g/mol. The molecule has 0 saturated carbocycles. The average Bonchev–Trinajstić information content (AvgIpc) is 3.16. The van der Waals surface area contributed by atoms with Crippen molar-refractivity contribution in [1.82, 2.24) is 24.4 Å². The highest BCUT2D eigenvalue weighted by atomic mass is 19.1. The molecule has 0 unspecified atom stereocenters. The lowest BCUT2D eigenvalue weighted by atomic mass is 10.1. The number of aromatic nitrogens is 4. The fraction of sp³-hybridized carbons (Fsp3) is 0.292. The summed E-state index contributed by atoms with van der Waals surface area (Å²) in [4.78, 5) is 15.3. The van der Waals surface area contributed by atoms with Gasteiger partial charge in [-0.05, 0) is 42.8 Å². The lowest BCUT2D eigenvalue weighted by Gasteiger charge is -2.32. The van der Waals surface area contributed by atoms with Crippen LogP contribution in [0.4, 0.5) is 10.3 Å². The zero-order valence-corrected chi connectivity index (χ0v) is 17.9. The van der Waals surface area contributed by atoms with Gasteiger partial charge in [-0.1, -0.05) is 6.07 Å². The van der Waals surface area contributed by atoms with E-state index in [4.69, 9.17) is 15.5 Å². The maximum atomic E-state index is 13.8. The molecule has 4 aromatic rings. The quantitative estimate of drug-likeness (QED) is 0.517. The van der Waals surface area contributed by atoms with Crippen LogP contribution in [0.2, 0.25) is 0 Å². The van der Waals surface area contributed by atoms with E-state index in [1.165, 1.54) is 11.6 Å². The summed E-state index contributed by atoms with van der Waals surface area (Å²) >= 11 is 0. The highest BCUT2D eigenvalue weighted by Crippen LogP contribution is 2.28. The van der Waals surface area contributed by atoms with Crippen molar-refractivity contribution < 1.29 is 9.13 Å². The predicted molar refractivity (Wildman–Crippen MR) is 121 cm³/mol. The number of hydrogen-bond donors (Lipinski definition) is 1. The van der Waals surface area contributed by atoms with Crippen LogP contribution in [0.3, 0.4) is 0 Å². The Bertz CT molecular complexity index is 1240. The molecule has 0 amide bonds. The number of benzene rings is 1. The first-order valence-corrected chi connectivity index (χ1v) is 10.8. The number of hydrogen-bond acceptors (Lipinski definition) is 6. The summed E-state index contributed by atoms with van der Waals surface area (Å²) in [6, 6.07) is 10.9. The Hall–Kier alpha value is -3.36. The van der Waals surface area contributed by atoms with Gasteiger partial charge in [-0.15, -0.1) is 0 Å². The van der Waals surface area contributed by atoms with Crippen LogP contribution in [0.1, 0.15) is 24.3 Å². The normalized spacial score (nSPS) is 17.1. The molecular formula is C24H25FN6O. The van der Waals surface area contributed by atoms with Gasteiger partial charge in [0.2, 0.25) is 5.95 Å². The molecule has 1 aliphatic heterocycles. The van der Waals surface area contributed by atoms with Gasteiger partial charge in [-0.3, -0.25) is 4.90 Å². The van der Waals surface area contributed by atoms with E-state index in [0.717, 1.165) is 54.0 Å². The van der Waals surface area contributed by atoms with Crippen molar-refractivity contribution in [2.24, 2.45) is 0 Å². The van der Waals surface area contributed by atoms with Crippen molar-refractivity contribution in [1.29, 1.82) is 0 Å². The van der Waals surface area contributed by atoms with Crippen LogP contribution < -0.4 is 5.73 Å². The summed E-state index contributed by atoms with van der Waals surface area (Å²) in [5.41, 5.74) is 10.2. The lowest BCUT2D eigenvalue weighted by Crippen LogP contribution is -2.38. The molecule has 1 aromatic carbocycles. The van der Waals surface area contributed by atoms with Crippen molar-refractivity contribution in [3.63, 3.8) is 0 Å². The first kappa shape index (κ1) is 20.5. The minimum Gasteiger partial charge on any atom is -0.369 e. The molecule has 32 heavy (non-hydrogen) atoms. The SMILES string of the molecule is CCn1cc(CN2CCO[C@@H](c3cccc(-c4cnc(N)nc4)n3)C2)c2ccc(F)cc21. The van der Waals surface area contributed by atoms with Gasteiger partial charge >= 0.3 is 0 Å². The van der Waals surface area contributed by atoms with Gasteiger partial charge in [-0.25, -0.2) is 19.3 Å². The zero-order chi connectivity index (χ0) is 22.1. The molecule has 3 aromatic heterocycles. The first-order chi connectivity index (χ1) is 15.6. The fourth-order valence-electron chi connectivity index (χ4n) is 4.26. The molecule has 1 atom stereocenters. The van der Waals surface area contributed by atoms with E-state index < -0.39 is 0 Å². The molecule has 1 aliphatic rings. The van der Waals surface area contributed by atoms with E-state index in [-0.39, 0.29) is 17.9 Å². The largest absolute Gasteiger partial charge is 0.369 e. The highest BCUT2D eigenvalue weighted by Gasteiger charge is 2.24. The number of anilines is 1. The smallest absolute Gasteiger partial charge is 0.219 e. The number of fused-ring (bicyclic) bond motifs is 1. The van der Waals surface area contributed by atoms with Gasteiger partial charge in [0, 0.05) is 55.7 Å². The Morgan fingerprint density at radius 2 is 2.03 bits per heavy atom. The number of morpholine rings is 1. The van der Waals surface area contributed by atoms with Crippen molar-refractivity contribution in [3.05, 3.63) is 72.1 Å². The summed E-state index contributed by atoms with van der Waals surface area (Å²) < 4.78 is 21.9. The van der Waals surface area contributed by atoms with Crippen molar-refractivity contribution in [2.45, 2.75) is 26.1 Å². The second kappa shape index (κ2) is 8.64. The maximum absolute atomic E-state index is 13.8. The van der Waals surface area contributed by atoms with E-state index in [1.54, 1.807) is 18.5 Å². The molecule has 1 saturated heterocycles. The van der Waals surface area contributed by atoms with Gasteiger partial charge in [0.05, 0.1) is 23.5 Å². The molecule has 5 rings (SSSR count). The van der Waals surface area contributed by atoms with E-state index >= 15 is 0 Å². The number of ether oxygens (including phenoxy) is 1.